The molecule has 0 atom stereocenters. The number of halogens is 1. The second-order valence-electron chi connectivity index (χ2n) is 8.64. The van der Waals surface area contributed by atoms with Gasteiger partial charge in [-0.1, -0.05) is 38.1 Å². The van der Waals surface area contributed by atoms with E-state index in [4.69, 9.17) is 4.52 Å². The Morgan fingerprint density at radius 3 is 2.29 bits per heavy atom. The smallest absolute Gasteiger partial charge is 0.163 e. The van der Waals surface area contributed by atoms with Crippen molar-refractivity contribution in [2.24, 2.45) is 5.41 Å². The number of rotatable bonds is 4. The van der Waals surface area contributed by atoms with Crippen LogP contribution in [0, 0.1) is 32.0 Å². The van der Waals surface area contributed by atoms with Crippen LogP contribution in [0.3, 0.4) is 0 Å². The van der Waals surface area contributed by atoms with Crippen LogP contribution in [0.5, 0.6) is 0 Å². The van der Waals surface area contributed by atoms with Gasteiger partial charge < -0.3 is 4.52 Å². The molecule has 3 aromatic rings. The van der Waals surface area contributed by atoms with Gasteiger partial charge in [0, 0.05) is 23.1 Å². The van der Waals surface area contributed by atoms with Gasteiger partial charge in [-0.05, 0) is 67.1 Å². The number of hydrogen-bond donors (Lipinski definition) is 0. The fourth-order valence-electron chi connectivity index (χ4n) is 3.42. The predicted octanol–water partition coefficient (Wildman–Crippen LogP) is 6.69. The summed E-state index contributed by atoms with van der Waals surface area (Å²) in [6.45, 7) is 11.6. The first-order valence-corrected chi connectivity index (χ1v) is 9.43. The molecule has 0 saturated carbocycles. The molecule has 146 valence electrons. The van der Waals surface area contributed by atoms with Gasteiger partial charge in [0.15, 0.2) is 5.78 Å². The standard InChI is InChI=1S/C24H26FNO2/c1-14-7-8-20(21(25)9-14)17-10-18(22(27)13-24(4,5)6)12-19(11-17)23-15(2)26-28-16(23)3/h7-12H,13H2,1-6H3. The lowest BCUT2D eigenvalue weighted by molar-refractivity contribution is 0.0940. The van der Waals surface area contributed by atoms with Gasteiger partial charge in [-0.2, -0.15) is 0 Å². The number of benzene rings is 2. The molecule has 0 aliphatic carbocycles. The normalized spacial score (nSPS) is 11.7. The molecule has 1 heterocycles. The van der Waals surface area contributed by atoms with Gasteiger partial charge in [0.2, 0.25) is 0 Å². The highest BCUT2D eigenvalue weighted by Crippen LogP contribution is 2.34. The minimum absolute atomic E-state index is 0.0369. The summed E-state index contributed by atoms with van der Waals surface area (Å²) >= 11 is 0. The quantitative estimate of drug-likeness (QED) is 0.474. The van der Waals surface area contributed by atoms with E-state index in [0.29, 0.717) is 28.9 Å². The van der Waals surface area contributed by atoms with Crippen LogP contribution in [0.25, 0.3) is 22.3 Å². The molecule has 0 aliphatic heterocycles. The van der Waals surface area contributed by atoms with Gasteiger partial charge in [0.1, 0.15) is 11.6 Å². The monoisotopic (exact) mass is 379 g/mol. The van der Waals surface area contributed by atoms with Crippen molar-refractivity contribution < 1.29 is 13.7 Å². The number of ketones is 1. The van der Waals surface area contributed by atoms with E-state index < -0.39 is 0 Å². The maximum atomic E-state index is 14.7. The molecule has 0 fully saturated rings. The highest BCUT2D eigenvalue weighted by Gasteiger charge is 2.21. The first-order chi connectivity index (χ1) is 13.0. The van der Waals surface area contributed by atoms with Crippen molar-refractivity contribution in [1.29, 1.82) is 0 Å². The summed E-state index contributed by atoms with van der Waals surface area (Å²) in [4.78, 5) is 12.9. The number of carbonyl (C=O) groups excluding carboxylic acids is 1. The Kier molecular flexibility index (Phi) is 5.24. The molecule has 0 bridgehead atoms. The van der Waals surface area contributed by atoms with Crippen LogP contribution in [-0.2, 0) is 0 Å². The largest absolute Gasteiger partial charge is 0.361 e. The van der Waals surface area contributed by atoms with Gasteiger partial charge >= 0.3 is 0 Å². The van der Waals surface area contributed by atoms with Crippen molar-refractivity contribution >= 4 is 5.78 Å². The first kappa shape index (κ1) is 20.0. The fraction of sp³-hybridized carbons (Fsp3) is 0.333. The lowest BCUT2D eigenvalue weighted by Crippen LogP contribution is -2.13. The van der Waals surface area contributed by atoms with Crippen LogP contribution in [0.15, 0.2) is 40.9 Å². The van der Waals surface area contributed by atoms with Crippen molar-refractivity contribution in [2.75, 3.05) is 0 Å². The molecule has 0 amide bonds. The number of nitrogens with zero attached hydrogens (tertiary/aromatic N) is 1. The summed E-state index contributed by atoms with van der Waals surface area (Å²) in [5.74, 6) is 0.410. The first-order valence-electron chi connectivity index (χ1n) is 9.43. The molecule has 0 N–H and O–H groups in total. The van der Waals surface area contributed by atoms with Crippen LogP contribution in [0.1, 0.15) is 54.6 Å². The zero-order valence-corrected chi connectivity index (χ0v) is 17.3. The summed E-state index contributed by atoms with van der Waals surface area (Å²) in [6, 6.07) is 10.7. The van der Waals surface area contributed by atoms with Crippen molar-refractivity contribution in [3.05, 3.63) is 64.8 Å². The number of carbonyl (C=O) groups is 1. The van der Waals surface area contributed by atoms with Crippen molar-refractivity contribution in [3.63, 3.8) is 0 Å². The van der Waals surface area contributed by atoms with Gasteiger partial charge in [-0.15, -0.1) is 0 Å². The Labute approximate surface area is 165 Å². The molecule has 0 spiro atoms. The summed E-state index contributed by atoms with van der Waals surface area (Å²) < 4.78 is 20.0. The van der Waals surface area contributed by atoms with E-state index in [0.717, 1.165) is 22.4 Å². The van der Waals surface area contributed by atoms with Gasteiger partial charge in [0.05, 0.1) is 5.69 Å². The third-order valence-corrected chi connectivity index (χ3v) is 4.70. The molecule has 2 aromatic carbocycles. The molecule has 0 radical (unpaired) electrons. The predicted molar refractivity (Wildman–Crippen MR) is 110 cm³/mol. The molecule has 4 heteroatoms. The summed E-state index contributed by atoms with van der Waals surface area (Å²) in [7, 11) is 0. The Morgan fingerprint density at radius 1 is 1.04 bits per heavy atom. The molecule has 0 aliphatic rings. The third-order valence-electron chi connectivity index (χ3n) is 4.70. The van der Waals surface area contributed by atoms with Crippen molar-refractivity contribution in [1.82, 2.24) is 5.16 Å². The zero-order chi connectivity index (χ0) is 20.6. The van der Waals surface area contributed by atoms with E-state index in [1.807, 2.05) is 59.7 Å². The Morgan fingerprint density at radius 2 is 1.71 bits per heavy atom. The highest BCUT2D eigenvalue weighted by atomic mass is 19.1. The summed E-state index contributed by atoms with van der Waals surface area (Å²) in [5.41, 5.74) is 4.84. The Bertz CT molecular complexity index is 1020. The molecule has 0 unspecified atom stereocenters. The Balaban J connectivity index is 2.21. The molecule has 0 saturated heterocycles. The zero-order valence-electron chi connectivity index (χ0n) is 17.3. The van der Waals surface area contributed by atoms with E-state index in [-0.39, 0.29) is 17.0 Å². The van der Waals surface area contributed by atoms with Crippen LogP contribution in [0.2, 0.25) is 0 Å². The average Bonchev–Trinajstić information content (AvgIpc) is 2.91. The topological polar surface area (TPSA) is 43.1 Å². The van der Waals surface area contributed by atoms with Gasteiger partial charge in [-0.25, -0.2) is 4.39 Å². The lowest BCUT2D eigenvalue weighted by atomic mass is 9.86. The minimum atomic E-state index is -0.301. The molecule has 1 aromatic heterocycles. The van der Waals surface area contributed by atoms with E-state index >= 15 is 0 Å². The van der Waals surface area contributed by atoms with Gasteiger partial charge in [-0.3, -0.25) is 4.79 Å². The van der Waals surface area contributed by atoms with Crippen LogP contribution in [-0.4, -0.2) is 10.9 Å². The molecular formula is C24H26FNO2. The third kappa shape index (κ3) is 4.22. The van der Waals surface area contributed by atoms with Gasteiger partial charge in [0.25, 0.3) is 0 Å². The van der Waals surface area contributed by atoms with Crippen LogP contribution >= 0.6 is 0 Å². The second-order valence-corrected chi connectivity index (χ2v) is 8.64. The highest BCUT2D eigenvalue weighted by molar-refractivity contribution is 5.99. The maximum Gasteiger partial charge on any atom is 0.163 e. The van der Waals surface area contributed by atoms with E-state index in [9.17, 15) is 9.18 Å². The maximum absolute atomic E-state index is 14.7. The minimum Gasteiger partial charge on any atom is -0.361 e. The molecular weight excluding hydrogens is 353 g/mol. The van der Waals surface area contributed by atoms with E-state index in [1.165, 1.54) is 6.07 Å². The lowest BCUT2D eigenvalue weighted by Gasteiger charge is -2.18. The Hall–Kier alpha value is -2.75. The average molecular weight is 379 g/mol. The van der Waals surface area contributed by atoms with Crippen molar-refractivity contribution in [2.45, 2.75) is 48.0 Å². The summed E-state index contributed by atoms with van der Waals surface area (Å²) in [6.07, 6.45) is 0.411. The molecule has 28 heavy (non-hydrogen) atoms. The molecule has 3 rings (SSSR count). The number of aromatic nitrogens is 1. The number of aryl methyl sites for hydroxylation is 3. The SMILES string of the molecule is Cc1ccc(-c2cc(C(=O)CC(C)(C)C)cc(-c3c(C)noc3C)c2)c(F)c1. The van der Waals surface area contributed by atoms with Crippen molar-refractivity contribution in [3.8, 4) is 22.3 Å². The summed E-state index contributed by atoms with van der Waals surface area (Å²) in [5, 5.41) is 4.02. The fourth-order valence-corrected chi connectivity index (χ4v) is 3.42. The van der Waals surface area contributed by atoms with Crippen LogP contribution in [0.4, 0.5) is 4.39 Å². The number of hydrogen-bond acceptors (Lipinski definition) is 3. The molecule has 3 nitrogen and oxygen atoms in total. The van der Waals surface area contributed by atoms with E-state index in [1.54, 1.807) is 12.1 Å². The number of Topliss-reactive ketones (excluding diaryl/α,β-unsaturated/α-hetero) is 1. The van der Waals surface area contributed by atoms with E-state index in [2.05, 4.69) is 5.16 Å². The second kappa shape index (κ2) is 7.34. The van der Waals surface area contributed by atoms with Crippen LogP contribution < -0.4 is 0 Å².